The van der Waals surface area contributed by atoms with E-state index in [-0.39, 0.29) is 5.41 Å². The van der Waals surface area contributed by atoms with E-state index in [0.717, 1.165) is 34.7 Å². The lowest BCUT2D eigenvalue weighted by molar-refractivity contribution is -0.137. The van der Waals surface area contributed by atoms with Crippen molar-refractivity contribution in [1.82, 2.24) is 0 Å². The standard InChI is InChI=1S/C27H23F3/c1-26(2)15-5-6-18-11-14-22-20-7-3-4-8-21(20)23(16-24(22)25(18)26)17-9-12-19(13-10-17)27(28,29)30/h3-4,7-14,16H,5-6,15H2,1-2H3. The first-order valence-electron chi connectivity index (χ1n) is 10.4. The van der Waals surface area contributed by atoms with Gasteiger partial charge in [0.25, 0.3) is 0 Å². The number of fused-ring (bicyclic) bond motifs is 5. The summed E-state index contributed by atoms with van der Waals surface area (Å²) in [6.07, 6.45) is -0.920. The molecule has 1 aliphatic rings. The van der Waals surface area contributed by atoms with E-state index in [1.54, 1.807) is 12.1 Å². The molecule has 30 heavy (non-hydrogen) atoms. The van der Waals surface area contributed by atoms with Crippen LogP contribution in [0.3, 0.4) is 0 Å². The molecule has 1 aliphatic carbocycles. The molecule has 0 atom stereocenters. The molecule has 5 rings (SSSR count). The smallest absolute Gasteiger partial charge is 0.166 e. The number of hydrogen-bond donors (Lipinski definition) is 0. The molecular formula is C27H23F3. The second kappa shape index (κ2) is 6.60. The van der Waals surface area contributed by atoms with E-state index in [0.29, 0.717) is 0 Å². The number of halogens is 3. The molecule has 0 saturated heterocycles. The van der Waals surface area contributed by atoms with Crippen LogP contribution >= 0.6 is 0 Å². The Morgan fingerprint density at radius 2 is 1.43 bits per heavy atom. The van der Waals surface area contributed by atoms with Gasteiger partial charge in [0.2, 0.25) is 0 Å². The van der Waals surface area contributed by atoms with Crippen LogP contribution in [0.2, 0.25) is 0 Å². The molecule has 0 heterocycles. The summed E-state index contributed by atoms with van der Waals surface area (Å²) in [7, 11) is 0. The SMILES string of the molecule is CC1(C)CCCc2ccc3c(cc(-c4ccc(C(F)(F)F)cc4)c4ccccc43)c21. The quantitative estimate of drug-likeness (QED) is 0.280. The van der Waals surface area contributed by atoms with E-state index in [2.05, 4.69) is 44.2 Å². The largest absolute Gasteiger partial charge is 0.416 e. The maximum absolute atomic E-state index is 13.1. The minimum Gasteiger partial charge on any atom is -0.166 e. The van der Waals surface area contributed by atoms with Gasteiger partial charge in [0.05, 0.1) is 5.56 Å². The van der Waals surface area contributed by atoms with Crippen LogP contribution in [0, 0.1) is 0 Å². The van der Waals surface area contributed by atoms with Crippen LogP contribution in [0.4, 0.5) is 13.2 Å². The van der Waals surface area contributed by atoms with E-state index >= 15 is 0 Å². The molecule has 0 saturated carbocycles. The molecule has 0 radical (unpaired) electrons. The number of benzene rings is 4. The Balaban J connectivity index is 1.84. The minimum atomic E-state index is -4.33. The fourth-order valence-electron chi connectivity index (χ4n) is 5.16. The summed E-state index contributed by atoms with van der Waals surface area (Å²) in [5, 5.41) is 4.66. The Labute approximate surface area is 174 Å². The van der Waals surface area contributed by atoms with Crippen LogP contribution in [-0.4, -0.2) is 0 Å². The van der Waals surface area contributed by atoms with Crippen LogP contribution in [0.15, 0.2) is 66.7 Å². The van der Waals surface area contributed by atoms with Crippen LogP contribution in [-0.2, 0) is 18.0 Å². The van der Waals surface area contributed by atoms with Crippen molar-refractivity contribution in [3.05, 3.63) is 83.4 Å². The molecule has 0 amide bonds. The van der Waals surface area contributed by atoms with E-state index in [4.69, 9.17) is 0 Å². The fraction of sp³-hybridized carbons (Fsp3) is 0.259. The van der Waals surface area contributed by atoms with Crippen LogP contribution in [0.5, 0.6) is 0 Å². The van der Waals surface area contributed by atoms with E-state index in [9.17, 15) is 13.2 Å². The van der Waals surface area contributed by atoms with Crippen LogP contribution in [0.25, 0.3) is 32.7 Å². The first kappa shape index (κ1) is 19.2. The molecule has 0 nitrogen and oxygen atoms in total. The molecule has 0 fully saturated rings. The molecule has 152 valence electrons. The average Bonchev–Trinajstić information content (AvgIpc) is 2.72. The van der Waals surface area contributed by atoms with Gasteiger partial charge in [-0.1, -0.05) is 62.4 Å². The normalized spacial score (nSPS) is 16.0. The van der Waals surface area contributed by atoms with Gasteiger partial charge in [0.15, 0.2) is 0 Å². The van der Waals surface area contributed by atoms with Gasteiger partial charge in [-0.25, -0.2) is 0 Å². The van der Waals surface area contributed by atoms with E-state index < -0.39 is 11.7 Å². The highest BCUT2D eigenvalue weighted by molar-refractivity contribution is 6.15. The van der Waals surface area contributed by atoms with Gasteiger partial charge in [-0.05, 0) is 86.7 Å². The zero-order chi connectivity index (χ0) is 21.1. The second-order valence-electron chi connectivity index (χ2n) is 8.98. The molecule has 0 aliphatic heterocycles. The number of rotatable bonds is 1. The molecule has 0 N–H and O–H groups in total. The zero-order valence-corrected chi connectivity index (χ0v) is 17.1. The van der Waals surface area contributed by atoms with Gasteiger partial charge in [-0.15, -0.1) is 0 Å². The molecule has 0 bridgehead atoms. The summed E-state index contributed by atoms with van der Waals surface area (Å²) < 4.78 is 39.2. The third-order valence-corrected chi connectivity index (χ3v) is 6.58. The number of aryl methyl sites for hydroxylation is 1. The van der Waals surface area contributed by atoms with Crippen molar-refractivity contribution in [2.24, 2.45) is 0 Å². The third-order valence-electron chi connectivity index (χ3n) is 6.58. The predicted molar refractivity (Wildman–Crippen MR) is 118 cm³/mol. The lowest BCUT2D eigenvalue weighted by Gasteiger charge is -2.34. The van der Waals surface area contributed by atoms with Gasteiger partial charge in [0, 0.05) is 0 Å². The maximum atomic E-state index is 13.1. The third kappa shape index (κ3) is 2.99. The zero-order valence-electron chi connectivity index (χ0n) is 17.1. The lowest BCUT2D eigenvalue weighted by atomic mass is 9.70. The summed E-state index contributed by atoms with van der Waals surface area (Å²) in [4.78, 5) is 0. The minimum absolute atomic E-state index is 0.0764. The van der Waals surface area contributed by atoms with Gasteiger partial charge in [0.1, 0.15) is 0 Å². The summed E-state index contributed by atoms with van der Waals surface area (Å²) >= 11 is 0. The molecule has 3 heteroatoms. The molecule has 0 aromatic heterocycles. The second-order valence-corrected chi connectivity index (χ2v) is 8.98. The lowest BCUT2D eigenvalue weighted by Crippen LogP contribution is -2.24. The topological polar surface area (TPSA) is 0 Å². The van der Waals surface area contributed by atoms with E-state index in [1.807, 2.05) is 12.1 Å². The van der Waals surface area contributed by atoms with Crippen LogP contribution < -0.4 is 0 Å². The fourth-order valence-corrected chi connectivity index (χ4v) is 5.16. The highest BCUT2D eigenvalue weighted by Gasteiger charge is 2.31. The summed E-state index contributed by atoms with van der Waals surface area (Å²) in [5.41, 5.74) is 4.05. The Bertz CT molecular complexity index is 1260. The van der Waals surface area contributed by atoms with E-state index in [1.165, 1.54) is 40.5 Å². The Kier molecular flexibility index (Phi) is 4.22. The Morgan fingerprint density at radius 3 is 2.13 bits per heavy atom. The van der Waals surface area contributed by atoms with Crippen molar-refractivity contribution in [2.75, 3.05) is 0 Å². The molecular weight excluding hydrogens is 381 g/mol. The van der Waals surface area contributed by atoms with Gasteiger partial charge in [-0.3, -0.25) is 0 Å². The van der Waals surface area contributed by atoms with Gasteiger partial charge in [-0.2, -0.15) is 13.2 Å². The molecule has 0 spiro atoms. The maximum Gasteiger partial charge on any atom is 0.416 e. The predicted octanol–water partition coefficient (Wildman–Crippen LogP) is 8.29. The van der Waals surface area contributed by atoms with Crippen molar-refractivity contribution in [2.45, 2.75) is 44.7 Å². The van der Waals surface area contributed by atoms with Crippen molar-refractivity contribution in [3.8, 4) is 11.1 Å². The summed E-state index contributed by atoms with van der Waals surface area (Å²) in [6.45, 7) is 4.61. The monoisotopic (exact) mass is 404 g/mol. The van der Waals surface area contributed by atoms with Crippen molar-refractivity contribution in [1.29, 1.82) is 0 Å². The van der Waals surface area contributed by atoms with Gasteiger partial charge < -0.3 is 0 Å². The molecule has 4 aromatic carbocycles. The first-order valence-corrected chi connectivity index (χ1v) is 10.4. The van der Waals surface area contributed by atoms with Crippen molar-refractivity contribution < 1.29 is 13.2 Å². The Morgan fingerprint density at radius 1 is 0.767 bits per heavy atom. The van der Waals surface area contributed by atoms with Gasteiger partial charge >= 0.3 is 6.18 Å². The molecule has 0 unspecified atom stereocenters. The summed E-state index contributed by atoms with van der Waals surface area (Å²) in [6, 6.07) is 20.4. The van der Waals surface area contributed by atoms with Crippen molar-refractivity contribution in [3.63, 3.8) is 0 Å². The Hall–Kier alpha value is -2.81. The highest BCUT2D eigenvalue weighted by Crippen LogP contribution is 2.45. The van der Waals surface area contributed by atoms with Crippen LogP contribution in [0.1, 0.15) is 43.4 Å². The number of hydrogen-bond acceptors (Lipinski definition) is 0. The summed E-state index contributed by atoms with van der Waals surface area (Å²) in [5.74, 6) is 0. The molecule has 4 aromatic rings. The average molecular weight is 404 g/mol. The first-order chi connectivity index (χ1) is 14.3. The van der Waals surface area contributed by atoms with Crippen molar-refractivity contribution >= 4 is 21.5 Å². The number of alkyl halides is 3. The highest BCUT2D eigenvalue weighted by atomic mass is 19.4.